The summed E-state index contributed by atoms with van der Waals surface area (Å²) in [6.45, 7) is 6.86. The van der Waals surface area contributed by atoms with Crippen molar-refractivity contribution in [2.75, 3.05) is 0 Å². The largest absolute Gasteiger partial charge is 0.256 e. The van der Waals surface area contributed by atoms with E-state index in [9.17, 15) is 4.39 Å². The molecule has 1 aromatic carbocycles. The van der Waals surface area contributed by atoms with Gasteiger partial charge in [0.25, 0.3) is 0 Å². The fourth-order valence-corrected chi connectivity index (χ4v) is 5.92. The smallest absolute Gasteiger partial charge is 0.132 e. The molecule has 1 aliphatic rings. The lowest BCUT2D eigenvalue weighted by Crippen LogP contribution is -2.27. The van der Waals surface area contributed by atoms with Gasteiger partial charge in [-0.1, -0.05) is 84.3 Å². The second kappa shape index (κ2) is 13.1. The van der Waals surface area contributed by atoms with E-state index in [1.807, 2.05) is 18.3 Å². The van der Waals surface area contributed by atoms with E-state index in [4.69, 9.17) is 0 Å². The molecule has 0 amide bonds. The molecule has 0 unspecified atom stereocenters. The first-order valence-electron chi connectivity index (χ1n) is 13.4. The van der Waals surface area contributed by atoms with Crippen molar-refractivity contribution in [1.29, 1.82) is 0 Å². The Morgan fingerprint density at radius 2 is 1.66 bits per heavy atom. The lowest BCUT2D eigenvalue weighted by atomic mass is 9.68. The first kappa shape index (κ1) is 24.9. The fraction of sp³-hybridized carbons (Fsp3) is 0.633. The molecule has 2 aromatic rings. The van der Waals surface area contributed by atoms with E-state index in [1.54, 1.807) is 6.07 Å². The third-order valence-corrected chi connectivity index (χ3v) is 7.65. The SMILES string of the molecule is CCCCc1ccc(-c2ccc(CC[C@@H]3CCCC[C@H]3C(CCC)CCC)cc2F)nc1. The molecule has 1 saturated carbocycles. The average molecular weight is 438 g/mol. The van der Waals surface area contributed by atoms with Crippen LogP contribution < -0.4 is 0 Å². The molecule has 0 radical (unpaired) electrons. The highest BCUT2D eigenvalue weighted by molar-refractivity contribution is 5.60. The van der Waals surface area contributed by atoms with Crippen LogP contribution in [0.3, 0.4) is 0 Å². The summed E-state index contributed by atoms with van der Waals surface area (Å²) in [7, 11) is 0. The highest BCUT2D eigenvalue weighted by Crippen LogP contribution is 2.41. The minimum atomic E-state index is -0.133. The van der Waals surface area contributed by atoms with Crippen molar-refractivity contribution in [1.82, 2.24) is 4.98 Å². The summed E-state index contributed by atoms with van der Waals surface area (Å²) in [4.78, 5) is 4.54. The molecule has 1 aliphatic carbocycles. The number of hydrogen-bond acceptors (Lipinski definition) is 1. The van der Waals surface area contributed by atoms with Crippen LogP contribution in [0.2, 0.25) is 0 Å². The number of pyridine rings is 1. The molecule has 176 valence electrons. The van der Waals surface area contributed by atoms with Gasteiger partial charge in [-0.2, -0.15) is 0 Å². The lowest BCUT2D eigenvalue weighted by molar-refractivity contribution is 0.136. The number of hydrogen-bond donors (Lipinski definition) is 0. The summed E-state index contributed by atoms with van der Waals surface area (Å²) >= 11 is 0. The molecule has 1 aromatic heterocycles. The zero-order valence-corrected chi connectivity index (χ0v) is 20.7. The molecule has 0 N–H and O–H groups in total. The molecule has 0 saturated heterocycles. The van der Waals surface area contributed by atoms with Crippen LogP contribution >= 0.6 is 0 Å². The number of rotatable bonds is 12. The van der Waals surface area contributed by atoms with Gasteiger partial charge < -0.3 is 0 Å². The predicted octanol–water partition coefficient (Wildman–Crippen LogP) is 9.19. The zero-order valence-electron chi connectivity index (χ0n) is 20.7. The summed E-state index contributed by atoms with van der Waals surface area (Å²) in [5.74, 6) is 2.45. The standard InChI is InChI=1S/C30H44FN/c1-4-7-12-24-17-20-30(32-22-24)28-19-16-23(21-29(28)31)15-18-26-13-8-9-14-27(26)25(10-5-2)11-6-3/h16-17,19-22,25-27H,4-15,18H2,1-3H3/t26-,27-/m0/s1. The summed E-state index contributed by atoms with van der Waals surface area (Å²) in [6.07, 6.45) is 18.4. The van der Waals surface area contributed by atoms with Gasteiger partial charge in [0.1, 0.15) is 5.82 Å². The monoisotopic (exact) mass is 437 g/mol. The van der Waals surface area contributed by atoms with Crippen LogP contribution in [0.5, 0.6) is 0 Å². The second-order valence-corrected chi connectivity index (χ2v) is 10.1. The predicted molar refractivity (Wildman–Crippen MR) is 135 cm³/mol. The third kappa shape index (κ3) is 6.90. The number of aromatic nitrogens is 1. The van der Waals surface area contributed by atoms with Gasteiger partial charge in [-0.05, 0) is 79.2 Å². The minimum Gasteiger partial charge on any atom is -0.256 e. The minimum absolute atomic E-state index is 0.133. The maximum atomic E-state index is 15.0. The first-order valence-corrected chi connectivity index (χ1v) is 13.4. The molecule has 32 heavy (non-hydrogen) atoms. The molecule has 2 atom stereocenters. The van der Waals surface area contributed by atoms with Gasteiger partial charge in [0.15, 0.2) is 0 Å². The Balaban J connectivity index is 1.63. The Bertz CT molecular complexity index is 791. The van der Waals surface area contributed by atoms with E-state index in [2.05, 4.69) is 37.9 Å². The Morgan fingerprint density at radius 3 is 2.31 bits per heavy atom. The summed E-state index contributed by atoms with van der Waals surface area (Å²) in [5.41, 5.74) is 3.73. The van der Waals surface area contributed by atoms with Crippen molar-refractivity contribution in [3.8, 4) is 11.3 Å². The second-order valence-electron chi connectivity index (χ2n) is 10.1. The van der Waals surface area contributed by atoms with Crippen LogP contribution in [-0.4, -0.2) is 4.98 Å². The van der Waals surface area contributed by atoms with Crippen LogP contribution in [0.15, 0.2) is 36.5 Å². The van der Waals surface area contributed by atoms with Gasteiger partial charge in [-0.15, -0.1) is 0 Å². The molecule has 1 fully saturated rings. The molecule has 0 spiro atoms. The number of benzene rings is 1. The number of aryl methyl sites for hydroxylation is 2. The maximum absolute atomic E-state index is 15.0. The Labute approximate surface area is 196 Å². The van der Waals surface area contributed by atoms with Crippen LogP contribution in [0, 0.1) is 23.6 Å². The van der Waals surface area contributed by atoms with Crippen LogP contribution in [0.1, 0.15) is 103 Å². The number of nitrogens with zero attached hydrogens (tertiary/aromatic N) is 1. The van der Waals surface area contributed by atoms with E-state index in [-0.39, 0.29) is 5.82 Å². The lowest BCUT2D eigenvalue weighted by Gasteiger charge is -2.37. The van der Waals surface area contributed by atoms with Crippen molar-refractivity contribution in [2.45, 2.75) is 104 Å². The van der Waals surface area contributed by atoms with E-state index >= 15 is 0 Å². The van der Waals surface area contributed by atoms with Crippen LogP contribution in [-0.2, 0) is 12.8 Å². The normalized spacial score (nSPS) is 18.9. The van der Waals surface area contributed by atoms with Crippen molar-refractivity contribution in [3.05, 3.63) is 53.5 Å². The fourth-order valence-electron chi connectivity index (χ4n) is 5.92. The molecule has 0 aliphatic heterocycles. The van der Waals surface area contributed by atoms with Crippen molar-refractivity contribution in [2.24, 2.45) is 17.8 Å². The Kier molecular flexibility index (Phi) is 10.2. The van der Waals surface area contributed by atoms with E-state index in [1.165, 1.54) is 76.2 Å². The Morgan fingerprint density at radius 1 is 0.906 bits per heavy atom. The van der Waals surface area contributed by atoms with Gasteiger partial charge in [0.2, 0.25) is 0 Å². The maximum Gasteiger partial charge on any atom is 0.132 e. The zero-order chi connectivity index (χ0) is 22.8. The highest BCUT2D eigenvalue weighted by atomic mass is 19.1. The van der Waals surface area contributed by atoms with Crippen LogP contribution in [0.25, 0.3) is 11.3 Å². The van der Waals surface area contributed by atoms with Crippen LogP contribution in [0.4, 0.5) is 4.39 Å². The topological polar surface area (TPSA) is 12.9 Å². The highest BCUT2D eigenvalue weighted by Gasteiger charge is 2.30. The number of halogens is 1. The molecular weight excluding hydrogens is 393 g/mol. The van der Waals surface area contributed by atoms with Gasteiger partial charge in [-0.3, -0.25) is 4.98 Å². The molecule has 2 heteroatoms. The average Bonchev–Trinajstić information content (AvgIpc) is 2.82. The van der Waals surface area contributed by atoms with E-state index < -0.39 is 0 Å². The first-order chi connectivity index (χ1) is 15.7. The van der Waals surface area contributed by atoms with Crippen molar-refractivity contribution < 1.29 is 4.39 Å². The Hall–Kier alpha value is -1.70. The quantitative estimate of drug-likeness (QED) is 0.322. The third-order valence-electron chi connectivity index (χ3n) is 7.65. The molecule has 0 bridgehead atoms. The van der Waals surface area contributed by atoms with E-state index in [0.29, 0.717) is 5.56 Å². The molecule has 3 rings (SSSR count). The van der Waals surface area contributed by atoms with E-state index in [0.717, 1.165) is 41.9 Å². The number of unbranched alkanes of at least 4 members (excludes halogenated alkanes) is 1. The summed E-state index contributed by atoms with van der Waals surface area (Å²) in [6, 6.07) is 9.89. The van der Waals surface area contributed by atoms with Gasteiger partial charge >= 0.3 is 0 Å². The van der Waals surface area contributed by atoms with Crippen molar-refractivity contribution >= 4 is 0 Å². The van der Waals surface area contributed by atoms with Crippen molar-refractivity contribution in [3.63, 3.8) is 0 Å². The molecular formula is C30H44FN. The summed E-state index contributed by atoms with van der Waals surface area (Å²) < 4.78 is 15.0. The summed E-state index contributed by atoms with van der Waals surface area (Å²) in [5, 5.41) is 0. The molecule has 1 nitrogen and oxygen atoms in total. The van der Waals surface area contributed by atoms with Gasteiger partial charge in [0.05, 0.1) is 5.69 Å². The van der Waals surface area contributed by atoms with Gasteiger partial charge in [-0.25, -0.2) is 4.39 Å². The van der Waals surface area contributed by atoms with Gasteiger partial charge in [0, 0.05) is 11.8 Å². The molecule has 1 heterocycles.